The van der Waals surface area contributed by atoms with Gasteiger partial charge in [-0.2, -0.15) is 0 Å². The molecule has 7 heteroatoms. The fourth-order valence-corrected chi connectivity index (χ4v) is 3.38. The third-order valence-corrected chi connectivity index (χ3v) is 4.51. The lowest BCUT2D eigenvalue weighted by atomic mass is 9.97. The molecule has 3 aromatic rings. The second-order valence-electron chi connectivity index (χ2n) is 5.71. The minimum atomic E-state index is 0.0611. The van der Waals surface area contributed by atoms with Crippen molar-refractivity contribution in [1.82, 2.24) is 0 Å². The predicted molar refractivity (Wildman–Crippen MR) is 102 cm³/mol. The van der Waals surface area contributed by atoms with E-state index in [9.17, 15) is 5.11 Å². The molecule has 0 atom stereocenters. The first-order valence-electron chi connectivity index (χ1n) is 8.13. The quantitative estimate of drug-likeness (QED) is 0.659. The molecule has 0 fully saturated rings. The van der Waals surface area contributed by atoms with Crippen molar-refractivity contribution in [1.29, 1.82) is 0 Å². The number of methoxy groups -OCH3 is 6. The van der Waals surface area contributed by atoms with Crippen molar-refractivity contribution in [2.75, 3.05) is 42.7 Å². The first-order chi connectivity index (χ1) is 13.1. The van der Waals surface area contributed by atoms with Crippen molar-refractivity contribution in [3.63, 3.8) is 0 Å². The first-order valence-corrected chi connectivity index (χ1v) is 8.13. The van der Waals surface area contributed by atoms with Crippen LogP contribution in [0.2, 0.25) is 0 Å². The number of phenolic OH excluding ortho intramolecular Hbond substituents is 1. The average molecular weight is 374 g/mol. The van der Waals surface area contributed by atoms with E-state index in [1.807, 2.05) is 0 Å². The fraction of sp³-hybridized carbons (Fsp3) is 0.300. The molecular weight excluding hydrogens is 352 g/mol. The van der Waals surface area contributed by atoms with E-state index in [-0.39, 0.29) is 5.75 Å². The van der Waals surface area contributed by atoms with Crippen molar-refractivity contribution in [3.05, 3.63) is 18.2 Å². The van der Waals surface area contributed by atoms with E-state index in [1.165, 1.54) is 28.4 Å². The van der Waals surface area contributed by atoms with E-state index >= 15 is 0 Å². The Morgan fingerprint density at radius 2 is 1.04 bits per heavy atom. The maximum absolute atomic E-state index is 10.7. The highest BCUT2D eigenvalue weighted by atomic mass is 16.5. The number of fused-ring (bicyclic) bond motifs is 3. The third-order valence-electron chi connectivity index (χ3n) is 4.51. The van der Waals surface area contributed by atoms with E-state index in [4.69, 9.17) is 28.4 Å². The van der Waals surface area contributed by atoms with Crippen LogP contribution < -0.4 is 28.4 Å². The van der Waals surface area contributed by atoms with Crippen LogP contribution >= 0.6 is 0 Å². The second kappa shape index (κ2) is 7.19. The van der Waals surface area contributed by atoms with Crippen LogP contribution in [0.25, 0.3) is 21.5 Å². The SMILES string of the molecule is COc1cc2cc(O)c3cc(OC)c(OC)c(OC)c3c2c(OC)c1OC. The van der Waals surface area contributed by atoms with Crippen molar-refractivity contribution in [2.24, 2.45) is 0 Å². The van der Waals surface area contributed by atoms with Crippen LogP contribution in [0.15, 0.2) is 18.2 Å². The van der Waals surface area contributed by atoms with E-state index in [0.717, 1.165) is 0 Å². The Bertz CT molecular complexity index is 1010. The van der Waals surface area contributed by atoms with Crippen LogP contribution in [0.5, 0.6) is 40.2 Å². The highest BCUT2D eigenvalue weighted by Gasteiger charge is 2.25. The molecular formula is C20H22O7. The van der Waals surface area contributed by atoms with Gasteiger partial charge >= 0.3 is 0 Å². The summed E-state index contributed by atoms with van der Waals surface area (Å²) in [5.41, 5.74) is 0. The normalized spacial score (nSPS) is 10.7. The third kappa shape index (κ3) is 2.66. The van der Waals surface area contributed by atoms with Crippen LogP contribution in [0.4, 0.5) is 0 Å². The minimum absolute atomic E-state index is 0.0611. The molecule has 0 heterocycles. The minimum Gasteiger partial charge on any atom is -0.507 e. The summed E-state index contributed by atoms with van der Waals surface area (Å²) in [6.07, 6.45) is 0. The summed E-state index contributed by atoms with van der Waals surface area (Å²) < 4.78 is 33.1. The molecule has 0 bridgehead atoms. The maximum Gasteiger partial charge on any atom is 0.203 e. The summed E-state index contributed by atoms with van der Waals surface area (Å²) in [4.78, 5) is 0. The molecule has 3 rings (SSSR count). The van der Waals surface area contributed by atoms with Crippen molar-refractivity contribution >= 4 is 21.5 Å². The van der Waals surface area contributed by atoms with Gasteiger partial charge in [-0.15, -0.1) is 0 Å². The van der Waals surface area contributed by atoms with Gasteiger partial charge in [0.15, 0.2) is 23.0 Å². The van der Waals surface area contributed by atoms with Crippen LogP contribution in [0.1, 0.15) is 0 Å². The highest BCUT2D eigenvalue weighted by molar-refractivity contribution is 6.18. The zero-order chi connectivity index (χ0) is 19.7. The van der Waals surface area contributed by atoms with Gasteiger partial charge in [0.1, 0.15) is 5.75 Å². The number of benzene rings is 3. The Kier molecular flexibility index (Phi) is 4.94. The van der Waals surface area contributed by atoms with E-state index in [2.05, 4.69) is 0 Å². The predicted octanol–water partition coefficient (Wildman–Crippen LogP) is 3.75. The lowest BCUT2D eigenvalue weighted by Gasteiger charge is -2.20. The van der Waals surface area contributed by atoms with Crippen molar-refractivity contribution in [2.45, 2.75) is 0 Å². The summed E-state index contributed by atoms with van der Waals surface area (Å²) in [5, 5.41) is 13.2. The molecule has 0 aliphatic rings. The Labute approximate surface area is 156 Å². The van der Waals surface area contributed by atoms with Gasteiger partial charge in [-0.3, -0.25) is 0 Å². The summed E-state index contributed by atoms with van der Waals surface area (Å²) in [7, 11) is 9.20. The van der Waals surface area contributed by atoms with Crippen LogP contribution in [-0.2, 0) is 0 Å². The van der Waals surface area contributed by atoms with E-state index in [0.29, 0.717) is 56.0 Å². The van der Waals surface area contributed by atoms with Gasteiger partial charge in [0, 0.05) is 16.2 Å². The molecule has 0 aliphatic heterocycles. The van der Waals surface area contributed by atoms with Crippen molar-refractivity contribution in [3.8, 4) is 40.2 Å². The molecule has 0 unspecified atom stereocenters. The lowest BCUT2D eigenvalue weighted by Crippen LogP contribution is -1.99. The number of rotatable bonds is 6. The first kappa shape index (κ1) is 18.6. The summed E-state index contributed by atoms with van der Waals surface area (Å²) in [6, 6.07) is 5.10. The number of hydrogen-bond donors (Lipinski definition) is 1. The number of ether oxygens (including phenoxy) is 6. The number of hydrogen-bond acceptors (Lipinski definition) is 7. The molecule has 27 heavy (non-hydrogen) atoms. The molecule has 7 nitrogen and oxygen atoms in total. The van der Waals surface area contributed by atoms with Crippen molar-refractivity contribution < 1.29 is 33.5 Å². The maximum atomic E-state index is 10.7. The summed E-state index contributed by atoms with van der Waals surface area (Å²) in [5.74, 6) is 2.72. The summed E-state index contributed by atoms with van der Waals surface area (Å²) in [6.45, 7) is 0. The Balaban J connectivity index is 2.66. The molecule has 0 saturated carbocycles. The van der Waals surface area contributed by atoms with E-state index < -0.39 is 0 Å². The standard InChI is InChI=1S/C20H22O7/c1-22-13-8-10-7-12(21)11-9-14(23-2)18(25-4)20(27-6)16(11)15(10)19(26-5)17(13)24-3/h7-9,21H,1-6H3. The van der Waals surface area contributed by atoms with Gasteiger partial charge in [0.05, 0.1) is 42.7 Å². The lowest BCUT2D eigenvalue weighted by molar-refractivity contribution is 0.325. The molecule has 0 radical (unpaired) electrons. The Morgan fingerprint density at radius 3 is 1.52 bits per heavy atom. The van der Waals surface area contributed by atoms with Crippen LogP contribution in [0.3, 0.4) is 0 Å². The molecule has 1 N–H and O–H groups in total. The zero-order valence-corrected chi connectivity index (χ0v) is 16.1. The molecule has 3 aromatic carbocycles. The van der Waals surface area contributed by atoms with Gasteiger partial charge in [-0.05, 0) is 23.6 Å². The van der Waals surface area contributed by atoms with Crippen LogP contribution in [-0.4, -0.2) is 47.8 Å². The monoisotopic (exact) mass is 374 g/mol. The van der Waals surface area contributed by atoms with E-state index in [1.54, 1.807) is 32.4 Å². The average Bonchev–Trinajstić information content (AvgIpc) is 2.70. The summed E-state index contributed by atoms with van der Waals surface area (Å²) >= 11 is 0. The number of aromatic hydroxyl groups is 1. The highest BCUT2D eigenvalue weighted by Crippen LogP contribution is 2.53. The van der Waals surface area contributed by atoms with Gasteiger partial charge in [0.2, 0.25) is 11.5 Å². The van der Waals surface area contributed by atoms with Gasteiger partial charge < -0.3 is 33.5 Å². The molecule has 144 valence electrons. The van der Waals surface area contributed by atoms with Gasteiger partial charge in [-0.25, -0.2) is 0 Å². The van der Waals surface area contributed by atoms with Gasteiger partial charge in [-0.1, -0.05) is 0 Å². The molecule has 0 aliphatic carbocycles. The van der Waals surface area contributed by atoms with Crippen LogP contribution in [0, 0.1) is 0 Å². The molecule has 0 saturated heterocycles. The zero-order valence-electron chi connectivity index (χ0n) is 16.1. The molecule has 0 spiro atoms. The second-order valence-corrected chi connectivity index (χ2v) is 5.71. The number of phenols is 1. The topological polar surface area (TPSA) is 75.6 Å². The Hall–Kier alpha value is -3.22. The molecule has 0 aromatic heterocycles. The smallest absolute Gasteiger partial charge is 0.203 e. The largest absolute Gasteiger partial charge is 0.507 e. The fourth-order valence-electron chi connectivity index (χ4n) is 3.38. The Morgan fingerprint density at radius 1 is 0.556 bits per heavy atom. The molecule has 0 amide bonds. The van der Waals surface area contributed by atoms with Gasteiger partial charge in [0.25, 0.3) is 0 Å².